The van der Waals surface area contributed by atoms with Crippen molar-refractivity contribution < 1.29 is 18.4 Å². The van der Waals surface area contributed by atoms with Gasteiger partial charge in [0.15, 0.2) is 16.6 Å². The van der Waals surface area contributed by atoms with E-state index in [9.17, 15) is 4.79 Å². The third-order valence-corrected chi connectivity index (χ3v) is 17.9. The molecule has 0 radical (unpaired) electrons. The van der Waals surface area contributed by atoms with Crippen molar-refractivity contribution in [1.29, 1.82) is 0 Å². The summed E-state index contributed by atoms with van der Waals surface area (Å²) in [6.07, 6.45) is 3.33. The molecule has 1 aromatic carbocycles. The van der Waals surface area contributed by atoms with Gasteiger partial charge in [0.2, 0.25) is 0 Å². The van der Waals surface area contributed by atoms with E-state index in [1.807, 2.05) is 6.07 Å². The number of thiophene rings is 1. The fourth-order valence-corrected chi connectivity index (χ4v) is 5.91. The Morgan fingerprint density at radius 1 is 0.865 bits per heavy atom. The van der Waals surface area contributed by atoms with Gasteiger partial charge >= 0.3 is 0 Å². The number of carbonyl (C=O) groups excluding carboxylic acids is 1. The summed E-state index contributed by atoms with van der Waals surface area (Å²) in [5, 5.41) is 2.40. The molecule has 0 saturated carbocycles. The predicted molar refractivity (Wildman–Crippen MR) is 163 cm³/mol. The van der Waals surface area contributed by atoms with Crippen LogP contribution in [-0.4, -0.2) is 22.9 Å². The summed E-state index contributed by atoms with van der Waals surface area (Å²) in [6.45, 7) is 26.5. The minimum atomic E-state index is -1.91. The first-order valence-electron chi connectivity index (χ1n) is 13.3. The van der Waals surface area contributed by atoms with Gasteiger partial charge in [0.05, 0.1) is 13.2 Å². The summed E-state index contributed by atoms with van der Waals surface area (Å²) in [7, 11) is -3.79. The Labute approximate surface area is 231 Å². The molecule has 0 fully saturated rings. The number of benzene rings is 1. The van der Waals surface area contributed by atoms with Crippen LogP contribution in [0.3, 0.4) is 0 Å². The second-order valence-electron chi connectivity index (χ2n) is 12.8. The SMILES string of the molecule is CC/C(=C/C=O)c1csc(COc2ccc(CO[Si](C)(C)C(C)(C)C)c(CO[Si](C)(C)C(C)(C)C)c2)c1. The van der Waals surface area contributed by atoms with Crippen LogP contribution in [-0.2, 0) is 33.5 Å². The van der Waals surface area contributed by atoms with Crippen LogP contribution >= 0.6 is 11.3 Å². The lowest BCUT2D eigenvalue weighted by Crippen LogP contribution is -2.41. The van der Waals surface area contributed by atoms with Gasteiger partial charge in [-0.15, -0.1) is 11.3 Å². The van der Waals surface area contributed by atoms with Gasteiger partial charge in [-0.1, -0.05) is 54.5 Å². The summed E-state index contributed by atoms with van der Waals surface area (Å²) in [5.74, 6) is 0.832. The number of allylic oxidation sites excluding steroid dienone is 2. The third kappa shape index (κ3) is 8.75. The summed E-state index contributed by atoms with van der Waals surface area (Å²) < 4.78 is 19.4. The average molecular weight is 561 g/mol. The maximum atomic E-state index is 10.9. The van der Waals surface area contributed by atoms with E-state index in [4.69, 9.17) is 13.6 Å². The molecule has 0 bridgehead atoms. The zero-order chi connectivity index (χ0) is 28.1. The lowest BCUT2D eigenvalue weighted by atomic mass is 10.1. The van der Waals surface area contributed by atoms with Crippen LogP contribution in [0.5, 0.6) is 5.75 Å². The molecule has 1 heterocycles. The predicted octanol–water partition coefficient (Wildman–Crippen LogP) is 9.36. The summed E-state index contributed by atoms with van der Waals surface area (Å²) in [5.41, 5.74) is 4.45. The first-order valence-corrected chi connectivity index (χ1v) is 19.9. The molecule has 7 heteroatoms. The highest BCUT2D eigenvalue weighted by Crippen LogP contribution is 2.39. The molecule has 0 atom stereocenters. The number of hydrogen-bond acceptors (Lipinski definition) is 5. The van der Waals surface area contributed by atoms with E-state index >= 15 is 0 Å². The van der Waals surface area contributed by atoms with E-state index in [0.717, 1.165) is 40.0 Å². The molecule has 2 rings (SSSR count). The highest BCUT2D eigenvalue weighted by atomic mass is 32.1. The van der Waals surface area contributed by atoms with Crippen molar-refractivity contribution in [3.8, 4) is 5.75 Å². The first-order chi connectivity index (χ1) is 17.0. The van der Waals surface area contributed by atoms with Crippen LogP contribution in [0.15, 0.2) is 35.7 Å². The molecule has 0 saturated heterocycles. The van der Waals surface area contributed by atoms with Crippen LogP contribution in [0.4, 0.5) is 0 Å². The van der Waals surface area contributed by atoms with Crippen molar-refractivity contribution in [3.05, 3.63) is 57.3 Å². The quantitative estimate of drug-likeness (QED) is 0.147. The average Bonchev–Trinajstić information content (AvgIpc) is 3.26. The molecule has 0 aliphatic heterocycles. The summed E-state index contributed by atoms with van der Waals surface area (Å²) in [4.78, 5) is 12.1. The number of carbonyl (C=O) groups is 1. The number of aldehydes is 1. The molecule has 4 nitrogen and oxygen atoms in total. The van der Waals surface area contributed by atoms with Crippen molar-refractivity contribution in [3.63, 3.8) is 0 Å². The minimum absolute atomic E-state index is 0.144. The zero-order valence-electron chi connectivity index (χ0n) is 24.9. The van der Waals surface area contributed by atoms with Crippen molar-refractivity contribution in [2.75, 3.05) is 0 Å². The molecule has 0 aliphatic rings. The fraction of sp³-hybridized carbons (Fsp3) is 0.567. The van der Waals surface area contributed by atoms with Gasteiger partial charge in [0.25, 0.3) is 0 Å². The van der Waals surface area contributed by atoms with Gasteiger partial charge in [-0.3, -0.25) is 4.79 Å². The number of hydrogen-bond donors (Lipinski definition) is 0. The molecular weight excluding hydrogens is 513 g/mol. The molecule has 2 aromatic rings. The second kappa shape index (κ2) is 12.6. The maximum Gasteiger partial charge on any atom is 0.192 e. The van der Waals surface area contributed by atoms with Crippen LogP contribution < -0.4 is 4.74 Å². The first kappa shape index (κ1) is 31.7. The molecule has 0 aliphatic carbocycles. The smallest absolute Gasteiger partial charge is 0.192 e. The highest BCUT2D eigenvalue weighted by Gasteiger charge is 2.38. The Morgan fingerprint density at radius 2 is 1.43 bits per heavy atom. The van der Waals surface area contributed by atoms with Gasteiger partial charge in [-0.25, -0.2) is 0 Å². The number of rotatable bonds is 12. The Hall–Kier alpha value is -1.52. The molecule has 0 amide bonds. The van der Waals surface area contributed by atoms with E-state index in [0.29, 0.717) is 19.8 Å². The summed E-state index contributed by atoms with van der Waals surface area (Å²) in [6, 6.07) is 8.41. The lowest BCUT2D eigenvalue weighted by molar-refractivity contribution is -0.104. The topological polar surface area (TPSA) is 44.8 Å². The Bertz CT molecular complexity index is 1070. The van der Waals surface area contributed by atoms with Crippen LogP contribution in [0, 0.1) is 0 Å². The Balaban J connectivity index is 2.24. The van der Waals surface area contributed by atoms with Crippen LogP contribution in [0.2, 0.25) is 36.3 Å². The van der Waals surface area contributed by atoms with E-state index in [1.54, 1.807) is 17.4 Å². The fourth-order valence-electron chi connectivity index (χ4n) is 3.20. The van der Waals surface area contributed by atoms with Gasteiger partial charge in [0, 0.05) is 4.88 Å². The highest BCUT2D eigenvalue weighted by molar-refractivity contribution is 7.10. The van der Waals surface area contributed by atoms with E-state index in [-0.39, 0.29) is 10.1 Å². The lowest BCUT2D eigenvalue weighted by Gasteiger charge is -2.37. The normalized spacial score (nSPS) is 13.6. The van der Waals surface area contributed by atoms with Crippen molar-refractivity contribution in [2.45, 2.75) is 111 Å². The molecular formula is C30H48O4SSi2. The van der Waals surface area contributed by atoms with Gasteiger partial charge in [0.1, 0.15) is 18.6 Å². The second-order valence-corrected chi connectivity index (χ2v) is 23.4. The van der Waals surface area contributed by atoms with Crippen LogP contribution in [0.25, 0.3) is 5.57 Å². The molecule has 0 spiro atoms. The van der Waals surface area contributed by atoms with Crippen molar-refractivity contribution >= 4 is 39.8 Å². The Kier molecular flexibility index (Phi) is 10.8. The minimum Gasteiger partial charge on any atom is -0.488 e. The van der Waals surface area contributed by atoms with E-state index < -0.39 is 16.6 Å². The van der Waals surface area contributed by atoms with E-state index in [2.05, 4.69) is 98.2 Å². The van der Waals surface area contributed by atoms with Gasteiger partial charge in [-0.2, -0.15) is 0 Å². The molecule has 206 valence electrons. The van der Waals surface area contributed by atoms with Crippen molar-refractivity contribution in [1.82, 2.24) is 0 Å². The zero-order valence-corrected chi connectivity index (χ0v) is 27.7. The largest absolute Gasteiger partial charge is 0.488 e. The van der Waals surface area contributed by atoms with E-state index in [1.165, 1.54) is 5.56 Å². The van der Waals surface area contributed by atoms with Crippen molar-refractivity contribution in [2.24, 2.45) is 0 Å². The van der Waals surface area contributed by atoms with Gasteiger partial charge < -0.3 is 13.6 Å². The monoisotopic (exact) mass is 560 g/mol. The molecule has 0 unspecified atom stereocenters. The molecule has 1 aromatic heterocycles. The standard InChI is InChI=1S/C30H48O4SSi2/c1-12-23(15-16-31)26-18-28(35-22-26)21-32-27-14-13-24(19-33-36(8,9)29(2,3)4)25(17-27)20-34-37(10,11)30(5,6)7/h13-18,22H,12,19-21H2,1-11H3/b23-15-. The van der Waals surface area contributed by atoms with Gasteiger partial charge in [-0.05, 0) is 94.6 Å². The molecule has 37 heavy (non-hydrogen) atoms. The number of ether oxygens (including phenoxy) is 1. The molecule has 0 N–H and O–H groups in total. The van der Waals surface area contributed by atoms with Crippen LogP contribution in [0.1, 0.15) is 76.5 Å². The summed E-state index contributed by atoms with van der Waals surface area (Å²) >= 11 is 1.66. The third-order valence-electron chi connectivity index (χ3n) is 8.02. The maximum absolute atomic E-state index is 10.9. The Morgan fingerprint density at radius 3 is 1.95 bits per heavy atom.